The third-order valence-corrected chi connectivity index (χ3v) is 3.73. The quantitative estimate of drug-likeness (QED) is 0.823. The third kappa shape index (κ3) is 3.89. The Hall–Kier alpha value is -1.71. The Morgan fingerprint density at radius 3 is 2.70 bits per heavy atom. The fraction of sp³-hybridized carbons (Fsp3) is 0.562. The van der Waals surface area contributed by atoms with Gasteiger partial charge in [-0.1, -0.05) is 32.8 Å². The van der Waals surface area contributed by atoms with Crippen molar-refractivity contribution in [3.05, 3.63) is 24.3 Å². The largest absolute Gasteiger partial charge is 0.399 e. The van der Waals surface area contributed by atoms with Crippen molar-refractivity contribution in [2.75, 3.05) is 17.6 Å². The van der Waals surface area contributed by atoms with Crippen molar-refractivity contribution >= 4 is 17.4 Å². The first-order valence-corrected chi connectivity index (χ1v) is 7.49. The molecule has 0 unspecified atom stereocenters. The molecule has 1 aromatic rings. The van der Waals surface area contributed by atoms with Crippen molar-refractivity contribution in [3.63, 3.8) is 0 Å². The molecule has 4 heteroatoms. The second kappa shape index (κ2) is 6.64. The van der Waals surface area contributed by atoms with Crippen molar-refractivity contribution in [3.8, 4) is 0 Å². The van der Waals surface area contributed by atoms with Crippen LogP contribution in [0.5, 0.6) is 0 Å². The summed E-state index contributed by atoms with van der Waals surface area (Å²) in [7, 11) is 0. The van der Waals surface area contributed by atoms with Gasteiger partial charge in [-0.05, 0) is 37.0 Å². The minimum atomic E-state index is -0.00352. The molecular formula is C16H25N3O. The number of benzene rings is 1. The number of rotatable bonds is 4. The molecule has 4 nitrogen and oxygen atoms in total. The van der Waals surface area contributed by atoms with Crippen LogP contribution < -0.4 is 11.1 Å². The summed E-state index contributed by atoms with van der Waals surface area (Å²) in [6, 6.07) is 7.72. The van der Waals surface area contributed by atoms with Gasteiger partial charge in [-0.2, -0.15) is 0 Å². The number of carbonyl (C=O) groups is 1. The Morgan fingerprint density at radius 1 is 1.40 bits per heavy atom. The summed E-state index contributed by atoms with van der Waals surface area (Å²) < 4.78 is 0. The van der Waals surface area contributed by atoms with Gasteiger partial charge in [-0.15, -0.1) is 0 Å². The molecule has 1 aliphatic rings. The van der Waals surface area contributed by atoms with Gasteiger partial charge >= 0.3 is 6.03 Å². The molecule has 0 radical (unpaired) electrons. The van der Waals surface area contributed by atoms with E-state index in [0.29, 0.717) is 17.6 Å². The zero-order valence-electron chi connectivity index (χ0n) is 12.4. The van der Waals surface area contributed by atoms with Crippen LogP contribution in [0.2, 0.25) is 0 Å². The number of urea groups is 1. The summed E-state index contributed by atoms with van der Waals surface area (Å²) in [6.45, 7) is 5.10. The Bertz CT molecular complexity index is 453. The van der Waals surface area contributed by atoms with Gasteiger partial charge in [0.15, 0.2) is 0 Å². The maximum atomic E-state index is 12.5. The maximum Gasteiger partial charge on any atom is 0.322 e. The van der Waals surface area contributed by atoms with E-state index in [9.17, 15) is 4.79 Å². The van der Waals surface area contributed by atoms with Gasteiger partial charge in [0, 0.05) is 24.0 Å². The van der Waals surface area contributed by atoms with E-state index >= 15 is 0 Å². The fourth-order valence-electron chi connectivity index (χ4n) is 2.82. The number of hydrogen-bond donors (Lipinski definition) is 2. The van der Waals surface area contributed by atoms with Gasteiger partial charge in [0.25, 0.3) is 0 Å². The first-order valence-electron chi connectivity index (χ1n) is 7.49. The number of hydrogen-bond acceptors (Lipinski definition) is 2. The highest BCUT2D eigenvalue weighted by Crippen LogP contribution is 2.25. The van der Waals surface area contributed by atoms with Crippen molar-refractivity contribution < 1.29 is 4.79 Å². The number of anilines is 2. The van der Waals surface area contributed by atoms with Crippen LogP contribution in [0.4, 0.5) is 16.2 Å². The number of amides is 2. The normalized spacial score (nSPS) is 15.6. The standard InChI is InChI=1S/C16H25N3O/c1-12(2)11-19(15-8-3-4-9-15)16(20)18-14-7-5-6-13(17)10-14/h5-7,10,12,15H,3-4,8-9,11,17H2,1-2H3,(H,18,20). The smallest absolute Gasteiger partial charge is 0.322 e. The average molecular weight is 275 g/mol. The lowest BCUT2D eigenvalue weighted by Gasteiger charge is -2.30. The maximum absolute atomic E-state index is 12.5. The van der Waals surface area contributed by atoms with E-state index in [2.05, 4.69) is 19.2 Å². The van der Waals surface area contributed by atoms with Gasteiger partial charge in [0.2, 0.25) is 0 Å². The summed E-state index contributed by atoms with van der Waals surface area (Å²) in [5.74, 6) is 0.474. The molecule has 0 bridgehead atoms. The lowest BCUT2D eigenvalue weighted by molar-refractivity contribution is 0.179. The van der Waals surface area contributed by atoms with E-state index in [0.717, 1.165) is 25.1 Å². The molecule has 0 saturated heterocycles. The van der Waals surface area contributed by atoms with Crippen LogP contribution in [0.15, 0.2) is 24.3 Å². The van der Waals surface area contributed by atoms with Gasteiger partial charge < -0.3 is 16.0 Å². The highest BCUT2D eigenvalue weighted by molar-refractivity contribution is 5.90. The summed E-state index contributed by atoms with van der Waals surface area (Å²) in [5.41, 5.74) is 7.18. The molecule has 0 aromatic heterocycles. The number of nitrogens with zero attached hydrogens (tertiary/aromatic N) is 1. The monoisotopic (exact) mass is 275 g/mol. The molecule has 1 aromatic carbocycles. The van der Waals surface area contributed by atoms with Crippen LogP contribution in [-0.4, -0.2) is 23.5 Å². The topological polar surface area (TPSA) is 58.4 Å². The van der Waals surface area contributed by atoms with E-state index in [1.165, 1.54) is 12.8 Å². The summed E-state index contributed by atoms with van der Waals surface area (Å²) in [5, 5.41) is 2.97. The number of nitrogens with one attached hydrogen (secondary N) is 1. The highest BCUT2D eigenvalue weighted by atomic mass is 16.2. The zero-order chi connectivity index (χ0) is 14.5. The zero-order valence-corrected chi connectivity index (χ0v) is 12.4. The lowest BCUT2D eigenvalue weighted by atomic mass is 10.1. The van der Waals surface area contributed by atoms with Crippen molar-refractivity contribution in [1.29, 1.82) is 0 Å². The molecule has 1 saturated carbocycles. The molecule has 1 fully saturated rings. The van der Waals surface area contributed by atoms with E-state index in [4.69, 9.17) is 5.73 Å². The van der Waals surface area contributed by atoms with Crippen LogP contribution >= 0.6 is 0 Å². The molecule has 2 amide bonds. The Labute approximate surface area is 121 Å². The van der Waals surface area contributed by atoms with Gasteiger partial charge in [-0.25, -0.2) is 4.79 Å². The first kappa shape index (κ1) is 14.7. The predicted octanol–water partition coefficient (Wildman–Crippen LogP) is 3.70. The van der Waals surface area contributed by atoms with Crippen LogP contribution in [0, 0.1) is 5.92 Å². The molecule has 3 N–H and O–H groups in total. The van der Waals surface area contributed by atoms with E-state index in [1.807, 2.05) is 23.1 Å². The lowest BCUT2D eigenvalue weighted by Crippen LogP contribution is -2.43. The molecule has 2 rings (SSSR count). The number of nitrogens with two attached hydrogens (primary N) is 1. The predicted molar refractivity (Wildman–Crippen MR) is 83.7 cm³/mol. The summed E-state index contributed by atoms with van der Waals surface area (Å²) >= 11 is 0. The third-order valence-electron chi connectivity index (χ3n) is 3.73. The van der Waals surface area contributed by atoms with Crippen molar-refractivity contribution in [1.82, 2.24) is 4.90 Å². The molecule has 1 aliphatic carbocycles. The molecule has 110 valence electrons. The number of carbonyl (C=O) groups excluding carboxylic acids is 1. The molecular weight excluding hydrogens is 250 g/mol. The molecule has 20 heavy (non-hydrogen) atoms. The second-order valence-electron chi connectivity index (χ2n) is 6.04. The van der Waals surface area contributed by atoms with Crippen LogP contribution in [-0.2, 0) is 0 Å². The van der Waals surface area contributed by atoms with Crippen molar-refractivity contribution in [2.24, 2.45) is 5.92 Å². The molecule has 0 spiro atoms. The van der Waals surface area contributed by atoms with E-state index < -0.39 is 0 Å². The van der Waals surface area contributed by atoms with Gasteiger partial charge in [0.1, 0.15) is 0 Å². The Morgan fingerprint density at radius 2 is 2.10 bits per heavy atom. The molecule has 0 atom stereocenters. The SMILES string of the molecule is CC(C)CN(C(=O)Nc1cccc(N)c1)C1CCCC1. The second-order valence-corrected chi connectivity index (χ2v) is 6.04. The Kier molecular flexibility index (Phi) is 4.88. The Balaban J connectivity index is 2.05. The summed E-state index contributed by atoms with van der Waals surface area (Å²) in [6.07, 6.45) is 4.70. The fourth-order valence-corrected chi connectivity index (χ4v) is 2.82. The molecule has 0 heterocycles. The van der Waals surface area contributed by atoms with E-state index in [1.54, 1.807) is 6.07 Å². The average Bonchev–Trinajstić information content (AvgIpc) is 2.89. The summed E-state index contributed by atoms with van der Waals surface area (Å²) in [4.78, 5) is 14.5. The van der Waals surface area contributed by atoms with Crippen LogP contribution in [0.25, 0.3) is 0 Å². The van der Waals surface area contributed by atoms with E-state index in [-0.39, 0.29) is 6.03 Å². The highest BCUT2D eigenvalue weighted by Gasteiger charge is 2.27. The minimum Gasteiger partial charge on any atom is -0.399 e. The first-order chi connectivity index (χ1) is 9.56. The minimum absolute atomic E-state index is 0.00352. The van der Waals surface area contributed by atoms with Crippen LogP contribution in [0.3, 0.4) is 0 Å². The van der Waals surface area contributed by atoms with Gasteiger partial charge in [-0.3, -0.25) is 0 Å². The van der Waals surface area contributed by atoms with Gasteiger partial charge in [0.05, 0.1) is 0 Å². The number of nitrogen functional groups attached to an aromatic ring is 1. The molecule has 0 aliphatic heterocycles. The van der Waals surface area contributed by atoms with Crippen LogP contribution in [0.1, 0.15) is 39.5 Å². The van der Waals surface area contributed by atoms with Crippen molar-refractivity contribution in [2.45, 2.75) is 45.6 Å².